The molecule has 37 heavy (non-hydrogen) atoms. The van der Waals surface area contributed by atoms with E-state index in [-0.39, 0.29) is 16.9 Å². The monoisotopic (exact) mass is 531 g/mol. The van der Waals surface area contributed by atoms with Crippen molar-refractivity contribution < 1.29 is 33.0 Å². The number of carbonyl (C=O) groups excluding carboxylic acids is 3. The Balaban J connectivity index is 2.03. The van der Waals surface area contributed by atoms with Crippen molar-refractivity contribution in [3.8, 4) is 5.75 Å². The average molecular weight is 532 g/mol. The molecule has 1 aliphatic heterocycles. The lowest BCUT2D eigenvalue weighted by Crippen LogP contribution is -2.56. The van der Waals surface area contributed by atoms with Crippen molar-refractivity contribution in [2.75, 3.05) is 11.6 Å². The first-order chi connectivity index (χ1) is 17.1. The zero-order chi connectivity index (χ0) is 27.7. The highest BCUT2D eigenvalue weighted by molar-refractivity contribution is 7.91. The highest BCUT2D eigenvalue weighted by Crippen LogP contribution is 2.31. The number of amides is 2. The third-order valence-corrected chi connectivity index (χ3v) is 7.74. The largest absolute Gasteiger partial charge is 0.508 e. The number of ketones is 1. The predicted molar refractivity (Wildman–Crippen MR) is 137 cm³/mol. The minimum absolute atomic E-state index is 0.0549. The van der Waals surface area contributed by atoms with Gasteiger partial charge in [-0.2, -0.15) is 0 Å². The highest BCUT2D eigenvalue weighted by Gasteiger charge is 2.48. The molecular weight excluding hydrogens is 498 g/mol. The van der Waals surface area contributed by atoms with Crippen molar-refractivity contribution in [2.24, 2.45) is 11.7 Å². The number of aromatic hydroxyl groups is 1. The molecule has 11 heteroatoms. The summed E-state index contributed by atoms with van der Waals surface area (Å²) in [5, 5.41) is 24.1. The van der Waals surface area contributed by atoms with E-state index in [0.29, 0.717) is 5.56 Å². The van der Waals surface area contributed by atoms with Gasteiger partial charge < -0.3 is 26.2 Å². The van der Waals surface area contributed by atoms with E-state index in [1.807, 2.05) is 0 Å². The van der Waals surface area contributed by atoms with Crippen LogP contribution in [0, 0.1) is 12.8 Å². The zero-order valence-electron chi connectivity index (χ0n) is 21.2. The summed E-state index contributed by atoms with van der Waals surface area (Å²) >= 11 is 0. The predicted octanol–water partition coefficient (Wildman–Crippen LogP) is 1.06. The summed E-state index contributed by atoms with van der Waals surface area (Å²) in [7, 11) is -3.82. The van der Waals surface area contributed by atoms with Crippen LogP contribution in [0.4, 0.5) is 0 Å². The maximum absolute atomic E-state index is 13.7. The number of carbonyl (C=O) groups is 3. The van der Waals surface area contributed by atoms with Gasteiger partial charge >= 0.3 is 0 Å². The molecule has 0 bridgehead atoms. The van der Waals surface area contributed by atoms with Gasteiger partial charge in [-0.05, 0) is 39.3 Å². The normalized spacial score (nSPS) is 19.6. The Hall–Kier alpha value is -3.28. The van der Waals surface area contributed by atoms with Gasteiger partial charge in [-0.15, -0.1) is 0 Å². The summed E-state index contributed by atoms with van der Waals surface area (Å²) in [5.41, 5.74) is 6.48. The van der Waals surface area contributed by atoms with E-state index < -0.39 is 68.7 Å². The molecule has 1 aliphatic rings. The lowest BCUT2D eigenvalue weighted by atomic mass is 9.81. The molecule has 1 saturated heterocycles. The standard InChI is InChI=1S/C26H33N3O7S/c1-15-17(11-8-12-19(15)30)22(31)20(21(27)16-9-6-5-7-10-16)23(32)25(34)29-14-37(35,36)13-18(29)24(33)28-26(2,3)4/h5-12,18,20-21,23,30,32H,13-14,27H2,1-4H3,(H,28,33)/t18-,20?,21?,23?/m0/s1. The first-order valence-electron chi connectivity index (χ1n) is 11.8. The van der Waals surface area contributed by atoms with Gasteiger partial charge in [0.1, 0.15) is 23.8 Å². The Morgan fingerprint density at radius 3 is 2.30 bits per heavy atom. The van der Waals surface area contributed by atoms with Crippen LogP contribution < -0.4 is 11.1 Å². The Bertz CT molecular complexity index is 1290. The van der Waals surface area contributed by atoms with Crippen molar-refractivity contribution in [3.63, 3.8) is 0 Å². The van der Waals surface area contributed by atoms with Gasteiger partial charge in [0.25, 0.3) is 5.91 Å². The van der Waals surface area contributed by atoms with Crippen LogP contribution in [0.5, 0.6) is 5.75 Å². The Morgan fingerprint density at radius 1 is 1.08 bits per heavy atom. The van der Waals surface area contributed by atoms with E-state index in [2.05, 4.69) is 5.32 Å². The van der Waals surface area contributed by atoms with Crippen LogP contribution in [0.15, 0.2) is 48.5 Å². The Kier molecular flexibility index (Phi) is 8.11. The first kappa shape index (κ1) is 28.3. The molecule has 200 valence electrons. The van der Waals surface area contributed by atoms with Crippen molar-refractivity contribution >= 4 is 27.4 Å². The van der Waals surface area contributed by atoms with Gasteiger partial charge in [-0.1, -0.05) is 42.5 Å². The summed E-state index contributed by atoms with van der Waals surface area (Å²) in [5.74, 6) is -5.57. The minimum Gasteiger partial charge on any atom is -0.508 e. The molecule has 0 aliphatic carbocycles. The molecule has 2 amide bonds. The van der Waals surface area contributed by atoms with Crippen LogP contribution >= 0.6 is 0 Å². The molecule has 3 unspecified atom stereocenters. The number of aliphatic hydroxyl groups excluding tert-OH is 1. The van der Waals surface area contributed by atoms with E-state index in [9.17, 15) is 33.0 Å². The molecule has 2 aromatic carbocycles. The average Bonchev–Trinajstić information content (AvgIpc) is 3.15. The van der Waals surface area contributed by atoms with Gasteiger partial charge in [0, 0.05) is 22.7 Å². The van der Waals surface area contributed by atoms with E-state index >= 15 is 0 Å². The quantitative estimate of drug-likeness (QED) is 0.385. The summed E-state index contributed by atoms with van der Waals surface area (Å²) in [6.45, 7) is 6.64. The first-order valence-corrected chi connectivity index (χ1v) is 13.6. The lowest BCUT2D eigenvalue weighted by molar-refractivity contribution is -0.147. The van der Waals surface area contributed by atoms with Crippen LogP contribution in [0.25, 0.3) is 0 Å². The molecule has 0 saturated carbocycles. The second-order valence-corrected chi connectivity index (χ2v) is 12.4. The van der Waals surface area contributed by atoms with Gasteiger partial charge in [-0.3, -0.25) is 14.4 Å². The SMILES string of the molecule is Cc1c(O)cccc1C(=O)C(C(O)C(=O)N1CS(=O)(=O)C[C@H]1C(=O)NC(C)(C)C)C(N)c1ccccc1. The fraction of sp³-hybridized carbons (Fsp3) is 0.423. The van der Waals surface area contributed by atoms with Crippen LogP contribution in [0.2, 0.25) is 0 Å². The van der Waals surface area contributed by atoms with E-state index in [0.717, 1.165) is 4.90 Å². The Labute approximate surface area is 216 Å². The summed E-state index contributed by atoms with van der Waals surface area (Å²) in [6.07, 6.45) is -2.07. The molecule has 1 heterocycles. The zero-order valence-corrected chi connectivity index (χ0v) is 22.0. The number of hydrogen-bond acceptors (Lipinski definition) is 8. The molecule has 3 rings (SSSR count). The minimum atomic E-state index is -3.82. The number of hydrogen-bond donors (Lipinski definition) is 4. The van der Waals surface area contributed by atoms with Gasteiger partial charge in [0.2, 0.25) is 5.91 Å². The second kappa shape index (κ2) is 10.6. The number of aliphatic hydroxyl groups is 1. The number of phenolic OH excluding ortho intramolecular Hbond substituents is 1. The summed E-state index contributed by atoms with van der Waals surface area (Å²) in [4.78, 5) is 40.9. The second-order valence-electron chi connectivity index (χ2n) is 10.3. The van der Waals surface area contributed by atoms with Crippen molar-refractivity contribution in [2.45, 2.75) is 51.4 Å². The topological polar surface area (TPSA) is 167 Å². The molecule has 5 N–H and O–H groups in total. The summed E-state index contributed by atoms with van der Waals surface area (Å²) in [6, 6.07) is 10.1. The van der Waals surface area contributed by atoms with Gasteiger partial charge in [0.05, 0.1) is 11.7 Å². The third kappa shape index (κ3) is 6.35. The number of rotatable bonds is 7. The van der Waals surface area contributed by atoms with Crippen molar-refractivity contribution in [3.05, 3.63) is 65.2 Å². The number of phenols is 1. The van der Waals surface area contributed by atoms with Crippen LogP contribution in [-0.4, -0.2) is 70.4 Å². The molecule has 0 aromatic heterocycles. The molecule has 0 radical (unpaired) electrons. The number of nitrogens with two attached hydrogens (primary N) is 1. The lowest BCUT2D eigenvalue weighted by Gasteiger charge is -2.32. The van der Waals surface area contributed by atoms with Gasteiger partial charge in [0.15, 0.2) is 15.6 Å². The highest BCUT2D eigenvalue weighted by atomic mass is 32.2. The fourth-order valence-corrected chi connectivity index (χ4v) is 6.00. The maximum Gasteiger partial charge on any atom is 0.253 e. The van der Waals surface area contributed by atoms with Crippen LogP contribution in [-0.2, 0) is 19.4 Å². The molecule has 4 atom stereocenters. The number of sulfone groups is 1. The van der Waals surface area contributed by atoms with Crippen molar-refractivity contribution in [1.82, 2.24) is 10.2 Å². The number of benzene rings is 2. The molecule has 10 nitrogen and oxygen atoms in total. The smallest absolute Gasteiger partial charge is 0.253 e. The molecular formula is C26H33N3O7S. The third-order valence-electron chi connectivity index (χ3n) is 6.25. The molecule has 0 spiro atoms. The van der Waals surface area contributed by atoms with E-state index in [1.165, 1.54) is 25.1 Å². The van der Waals surface area contributed by atoms with Crippen LogP contribution in [0.3, 0.4) is 0 Å². The number of nitrogens with one attached hydrogen (secondary N) is 1. The van der Waals surface area contributed by atoms with Gasteiger partial charge in [-0.25, -0.2) is 8.42 Å². The molecule has 2 aromatic rings. The van der Waals surface area contributed by atoms with E-state index in [1.54, 1.807) is 51.1 Å². The Morgan fingerprint density at radius 2 is 1.70 bits per heavy atom. The van der Waals surface area contributed by atoms with E-state index in [4.69, 9.17) is 5.73 Å². The number of Topliss-reactive ketones (excluding diaryl/α,β-unsaturated/α-hetero) is 1. The van der Waals surface area contributed by atoms with Crippen LogP contribution in [0.1, 0.15) is 48.3 Å². The maximum atomic E-state index is 13.7. The molecule has 1 fully saturated rings. The fourth-order valence-electron chi connectivity index (χ4n) is 4.35. The number of nitrogens with zero attached hydrogens (tertiary/aromatic N) is 1. The summed E-state index contributed by atoms with van der Waals surface area (Å²) < 4.78 is 24.9. The van der Waals surface area contributed by atoms with Crippen molar-refractivity contribution in [1.29, 1.82) is 0 Å².